The van der Waals surface area contributed by atoms with E-state index < -0.39 is 0 Å². The second-order valence-electron chi connectivity index (χ2n) is 11.7. The first-order chi connectivity index (χ1) is 15.8. The summed E-state index contributed by atoms with van der Waals surface area (Å²) in [5.74, 6) is 2.66. The van der Waals surface area contributed by atoms with Gasteiger partial charge in [0.25, 0.3) is 0 Å². The Balaban J connectivity index is 1.88. The van der Waals surface area contributed by atoms with Gasteiger partial charge in [0.1, 0.15) is 5.75 Å². The van der Waals surface area contributed by atoms with Gasteiger partial charge in [-0.3, -0.25) is 0 Å². The lowest BCUT2D eigenvalue weighted by molar-refractivity contribution is 0.434. The van der Waals surface area contributed by atoms with Gasteiger partial charge in [-0.1, -0.05) is 84.4 Å². The molecular weight excluding hydrogens is 400 g/mol. The zero-order chi connectivity index (χ0) is 23.7. The average Bonchev–Trinajstić information content (AvgIpc) is 2.81. The molecule has 1 nitrogen and oxygen atoms in total. The number of aryl methyl sites for hydroxylation is 1. The number of phenolic OH excluding ortho intramolecular Hbond substituents is 1. The van der Waals surface area contributed by atoms with Gasteiger partial charge in [0.2, 0.25) is 0 Å². The fourth-order valence-electron chi connectivity index (χ4n) is 6.67. The van der Waals surface area contributed by atoms with E-state index in [1.165, 1.54) is 92.0 Å². The topological polar surface area (TPSA) is 20.2 Å². The molecule has 1 N–H and O–H groups in total. The fraction of sp³-hybridized carbons (Fsp3) is 0.625. The minimum Gasteiger partial charge on any atom is -0.507 e. The van der Waals surface area contributed by atoms with Crippen molar-refractivity contribution in [1.82, 2.24) is 0 Å². The molecule has 4 rings (SSSR count). The van der Waals surface area contributed by atoms with Crippen molar-refractivity contribution in [3.8, 4) is 16.9 Å². The summed E-state index contributed by atoms with van der Waals surface area (Å²) in [5, 5.41) is 11.7. The van der Waals surface area contributed by atoms with Crippen molar-refractivity contribution >= 4 is 0 Å². The molecule has 0 unspecified atom stereocenters. The molecule has 2 aromatic rings. The van der Waals surface area contributed by atoms with Crippen LogP contribution in [0.4, 0.5) is 0 Å². The first-order valence-electron chi connectivity index (χ1n) is 13.8. The predicted molar refractivity (Wildman–Crippen MR) is 143 cm³/mol. The van der Waals surface area contributed by atoms with Crippen LogP contribution in [-0.2, 0) is 0 Å². The van der Waals surface area contributed by atoms with Gasteiger partial charge in [-0.05, 0) is 102 Å². The largest absolute Gasteiger partial charge is 0.507 e. The second kappa shape index (κ2) is 10.2. The van der Waals surface area contributed by atoms with Crippen LogP contribution in [0.15, 0.2) is 18.2 Å². The molecule has 0 aliphatic heterocycles. The Bertz CT molecular complexity index is 969. The van der Waals surface area contributed by atoms with Crippen LogP contribution < -0.4 is 0 Å². The van der Waals surface area contributed by atoms with Gasteiger partial charge in [0.05, 0.1) is 0 Å². The summed E-state index contributed by atoms with van der Waals surface area (Å²) in [7, 11) is 0. The Labute approximate surface area is 203 Å². The van der Waals surface area contributed by atoms with Gasteiger partial charge >= 0.3 is 0 Å². The van der Waals surface area contributed by atoms with E-state index in [-0.39, 0.29) is 0 Å². The van der Waals surface area contributed by atoms with Gasteiger partial charge in [0, 0.05) is 5.56 Å². The maximum atomic E-state index is 11.7. The average molecular weight is 447 g/mol. The zero-order valence-corrected chi connectivity index (χ0v) is 22.1. The van der Waals surface area contributed by atoms with Crippen LogP contribution in [0.1, 0.15) is 149 Å². The third-order valence-corrected chi connectivity index (χ3v) is 8.67. The zero-order valence-electron chi connectivity index (χ0n) is 22.1. The third kappa shape index (κ3) is 4.89. The number of phenols is 1. The SMILES string of the molecule is Cc1cc(-c2c(C(C)C)cc(C3CCCCC3)c(C)c2O)c(C(C)C)cc1C1CCCCC1. The molecule has 180 valence electrons. The van der Waals surface area contributed by atoms with Gasteiger partial charge in [-0.2, -0.15) is 0 Å². The number of hydrogen-bond acceptors (Lipinski definition) is 1. The predicted octanol–water partition coefficient (Wildman–Crippen LogP) is 10.0. The van der Waals surface area contributed by atoms with Crippen molar-refractivity contribution in [2.45, 2.75) is 129 Å². The number of aromatic hydroxyl groups is 1. The van der Waals surface area contributed by atoms with E-state index in [9.17, 15) is 5.11 Å². The molecule has 2 aliphatic carbocycles. The molecule has 2 fully saturated rings. The highest BCUT2D eigenvalue weighted by molar-refractivity contribution is 5.80. The lowest BCUT2D eigenvalue weighted by Gasteiger charge is -2.29. The van der Waals surface area contributed by atoms with Crippen molar-refractivity contribution in [2.24, 2.45) is 0 Å². The van der Waals surface area contributed by atoms with E-state index >= 15 is 0 Å². The molecular formula is C32H46O. The Morgan fingerprint density at radius 2 is 1.15 bits per heavy atom. The molecule has 0 bridgehead atoms. The second-order valence-corrected chi connectivity index (χ2v) is 11.7. The molecule has 0 radical (unpaired) electrons. The summed E-state index contributed by atoms with van der Waals surface area (Å²) < 4.78 is 0. The smallest absolute Gasteiger partial charge is 0.126 e. The summed E-state index contributed by atoms with van der Waals surface area (Å²) >= 11 is 0. The van der Waals surface area contributed by atoms with Gasteiger partial charge < -0.3 is 5.11 Å². The van der Waals surface area contributed by atoms with Crippen LogP contribution in [0.25, 0.3) is 11.1 Å². The van der Waals surface area contributed by atoms with E-state index in [1.807, 2.05) is 0 Å². The molecule has 1 heteroatoms. The Hall–Kier alpha value is -1.76. The van der Waals surface area contributed by atoms with Crippen LogP contribution in [0.2, 0.25) is 0 Å². The van der Waals surface area contributed by atoms with Crippen LogP contribution in [0.3, 0.4) is 0 Å². The van der Waals surface area contributed by atoms with Crippen LogP contribution in [0, 0.1) is 13.8 Å². The van der Waals surface area contributed by atoms with Crippen molar-refractivity contribution in [3.05, 3.63) is 51.6 Å². The van der Waals surface area contributed by atoms with Crippen LogP contribution in [0.5, 0.6) is 5.75 Å². The van der Waals surface area contributed by atoms with E-state index in [0.29, 0.717) is 29.4 Å². The Kier molecular flexibility index (Phi) is 7.56. The maximum Gasteiger partial charge on any atom is 0.126 e. The normalized spacial score (nSPS) is 18.4. The van der Waals surface area contributed by atoms with Crippen molar-refractivity contribution in [1.29, 1.82) is 0 Å². The first kappa shape index (κ1) is 24.4. The molecule has 0 atom stereocenters. The van der Waals surface area contributed by atoms with E-state index in [0.717, 1.165) is 11.1 Å². The van der Waals surface area contributed by atoms with Gasteiger partial charge in [-0.15, -0.1) is 0 Å². The van der Waals surface area contributed by atoms with Crippen LogP contribution in [-0.4, -0.2) is 5.11 Å². The van der Waals surface area contributed by atoms with Crippen molar-refractivity contribution < 1.29 is 5.11 Å². The highest BCUT2D eigenvalue weighted by Gasteiger charge is 2.27. The Morgan fingerprint density at radius 3 is 1.67 bits per heavy atom. The molecule has 2 aliphatic rings. The first-order valence-corrected chi connectivity index (χ1v) is 13.8. The minimum atomic E-state index is 0.382. The van der Waals surface area contributed by atoms with E-state index in [1.54, 1.807) is 5.56 Å². The molecule has 2 saturated carbocycles. The third-order valence-electron chi connectivity index (χ3n) is 8.67. The monoisotopic (exact) mass is 446 g/mol. The number of benzene rings is 2. The van der Waals surface area contributed by atoms with E-state index in [4.69, 9.17) is 0 Å². The molecule has 0 aromatic heterocycles. The molecule has 2 aromatic carbocycles. The lowest BCUT2D eigenvalue weighted by Crippen LogP contribution is -2.10. The molecule has 33 heavy (non-hydrogen) atoms. The molecule has 0 amide bonds. The van der Waals surface area contributed by atoms with Gasteiger partial charge in [-0.25, -0.2) is 0 Å². The highest BCUT2D eigenvalue weighted by atomic mass is 16.3. The van der Waals surface area contributed by atoms with Crippen molar-refractivity contribution in [3.63, 3.8) is 0 Å². The summed E-state index contributed by atoms with van der Waals surface area (Å²) in [5.41, 5.74) is 10.6. The number of hydrogen-bond donors (Lipinski definition) is 1. The number of rotatable bonds is 5. The van der Waals surface area contributed by atoms with Crippen LogP contribution >= 0.6 is 0 Å². The van der Waals surface area contributed by atoms with E-state index in [2.05, 4.69) is 59.7 Å². The standard InChI is InChI=1S/C32H46O/c1-20(2)26-18-28(24-13-9-7-10-14-24)22(5)17-30(26)31-27(21(3)4)19-29(23(6)32(31)33)25-15-11-8-12-16-25/h17-21,24-25,33H,7-16H2,1-6H3. The summed E-state index contributed by atoms with van der Waals surface area (Å²) in [4.78, 5) is 0. The maximum absolute atomic E-state index is 11.7. The lowest BCUT2D eigenvalue weighted by atomic mass is 9.76. The van der Waals surface area contributed by atoms with Crippen molar-refractivity contribution in [2.75, 3.05) is 0 Å². The quantitative estimate of drug-likeness (QED) is 0.484. The molecule has 0 heterocycles. The Morgan fingerprint density at radius 1 is 0.667 bits per heavy atom. The summed E-state index contributed by atoms with van der Waals surface area (Å²) in [6, 6.07) is 7.40. The summed E-state index contributed by atoms with van der Waals surface area (Å²) in [6.07, 6.45) is 13.3. The molecule has 0 saturated heterocycles. The highest BCUT2D eigenvalue weighted by Crippen LogP contribution is 2.48. The minimum absolute atomic E-state index is 0.382. The van der Waals surface area contributed by atoms with Gasteiger partial charge in [0.15, 0.2) is 0 Å². The summed E-state index contributed by atoms with van der Waals surface area (Å²) in [6.45, 7) is 13.7. The fourth-order valence-corrected chi connectivity index (χ4v) is 6.67. The molecule has 0 spiro atoms.